The maximum Gasteiger partial charge on any atom is 0.275 e. The molecule has 29 heavy (non-hydrogen) atoms. The molecule has 3 rings (SSSR count). The highest BCUT2D eigenvalue weighted by molar-refractivity contribution is 6.03. The second-order valence-corrected chi connectivity index (χ2v) is 6.90. The van der Waals surface area contributed by atoms with Crippen molar-refractivity contribution in [3.8, 4) is 0 Å². The van der Waals surface area contributed by atoms with Crippen molar-refractivity contribution in [2.75, 3.05) is 16.0 Å². The first-order chi connectivity index (χ1) is 13.8. The number of hydrogen-bond donors (Lipinski definition) is 3. The predicted molar refractivity (Wildman–Crippen MR) is 115 cm³/mol. The van der Waals surface area contributed by atoms with Gasteiger partial charge in [-0.25, -0.2) is 9.97 Å². The fourth-order valence-corrected chi connectivity index (χ4v) is 3.09. The van der Waals surface area contributed by atoms with Crippen LogP contribution in [0.5, 0.6) is 0 Å². The number of hydrogen-bond acceptors (Lipinski definition) is 5. The number of amides is 2. The van der Waals surface area contributed by atoms with E-state index in [1.165, 1.54) is 19.3 Å². The molecule has 7 nitrogen and oxygen atoms in total. The Bertz CT molecular complexity index is 1040. The van der Waals surface area contributed by atoms with E-state index < -0.39 is 0 Å². The third-order valence-corrected chi connectivity index (χ3v) is 4.26. The predicted octanol–water partition coefficient (Wildman–Crippen LogP) is 4.36. The molecular formula is C22H23N5O2. The molecule has 0 fully saturated rings. The first-order valence-electron chi connectivity index (χ1n) is 9.18. The molecule has 0 unspecified atom stereocenters. The number of aryl methyl sites for hydroxylation is 3. The summed E-state index contributed by atoms with van der Waals surface area (Å²) in [4.78, 5) is 32.2. The number of aromatic nitrogens is 2. The normalized spacial score (nSPS) is 10.3. The van der Waals surface area contributed by atoms with Crippen LogP contribution in [-0.2, 0) is 4.79 Å². The molecule has 3 aromatic rings. The Kier molecular flexibility index (Phi) is 5.87. The molecule has 2 aromatic carbocycles. The summed E-state index contributed by atoms with van der Waals surface area (Å²) in [6, 6.07) is 11.3. The van der Waals surface area contributed by atoms with Crippen molar-refractivity contribution in [1.82, 2.24) is 9.97 Å². The van der Waals surface area contributed by atoms with Crippen molar-refractivity contribution >= 4 is 34.7 Å². The zero-order valence-electron chi connectivity index (χ0n) is 16.8. The average Bonchev–Trinajstić information content (AvgIpc) is 2.65. The SMILES string of the molecule is CC(=O)Nc1cccc(Nc2cnc(C(=O)Nc3c(C)cc(C)cc3C)cn2)c1. The molecule has 148 valence electrons. The van der Waals surface area contributed by atoms with E-state index in [4.69, 9.17) is 0 Å². The van der Waals surface area contributed by atoms with Crippen molar-refractivity contribution in [3.05, 3.63) is 71.2 Å². The van der Waals surface area contributed by atoms with Gasteiger partial charge in [-0.05, 0) is 50.1 Å². The largest absolute Gasteiger partial charge is 0.339 e. The second kappa shape index (κ2) is 8.52. The first-order valence-corrected chi connectivity index (χ1v) is 9.18. The molecule has 0 aliphatic carbocycles. The molecule has 0 aliphatic heterocycles. The van der Waals surface area contributed by atoms with Gasteiger partial charge in [0.2, 0.25) is 5.91 Å². The minimum atomic E-state index is -0.313. The van der Waals surface area contributed by atoms with Gasteiger partial charge < -0.3 is 16.0 Å². The zero-order valence-corrected chi connectivity index (χ0v) is 16.8. The highest BCUT2D eigenvalue weighted by atomic mass is 16.2. The van der Waals surface area contributed by atoms with Crippen LogP contribution in [0.1, 0.15) is 34.1 Å². The third-order valence-electron chi connectivity index (χ3n) is 4.26. The van der Waals surface area contributed by atoms with E-state index in [1.807, 2.05) is 45.0 Å². The Morgan fingerprint density at radius 2 is 1.55 bits per heavy atom. The average molecular weight is 389 g/mol. The summed E-state index contributed by atoms with van der Waals surface area (Å²) in [6.07, 6.45) is 2.92. The summed E-state index contributed by atoms with van der Waals surface area (Å²) in [5.41, 5.74) is 5.59. The number of carbonyl (C=O) groups excluding carboxylic acids is 2. The molecule has 2 amide bonds. The van der Waals surface area contributed by atoms with Gasteiger partial charge in [0.25, 0.3) is 5.91 Å². The number of nitrogens with one attached hydrogen (secondary N) is 3. The summed E-state index contributed by atoms with van der Waals surface area (Å²) >= 11 is 0. The Morgan fingerprint density at radius 3 is 2.17 bits per heavy atom. The van der Waals surface area contributed by atoms with Crippen molar-refractivity contribution < 1.29 is 9.59 Å². The van der Waals surface area contributed by atoms with Gasteiger partial charge >= 0.3 is 0 Å². The Morgan fingerprint density at radius 1 is 0.862 bits per heavy atom. The molecule has 7 heteroatoms. The van der Waals surface area contributed by atoms with Crippen LogP contribution in [0.2, 0.25) is 0 Å². The maximum absolute atomic E-state index is 12.5. The minimum absolute atomic E-state index is 0.142. The monoisotopic (exact) mass is 389 g/mol. The van der Waals surface area contributed by atoms with Crippen LogP contribution in [0.25, 0.3) is 0 Å². The molecule has 0 saturated heterocycles. The van der Waals surface area contributed by atoms with Crippen LogP contribution in [0.3, 0.4) is 0 Å². The van der Waals surface area contributed by atoms with E-state index in [1.54, 1.807) is 12.1 Å². The number of carbonyl (C=O) groups is 2. The number of rotatable bonds is 5. The highest BCUT2D eigenvalue weighted by Crippen LogP contribution is 2.23. The molecule has 0 saturated carbocycles. The summed E-state index contributed by atoms with van der Waals surface area (Å²) in [7, 11) is 0. The number of anilines is 4. The minimum Gasteiger partial charge on any atom is -0.339 e. The molecule has 0 spiro atoms. The first kappa shape index (κ1) is 20.0. The lowest BCUT2D eigenvalue weighted by Gasteiger charge is -2.12. The van der Waals surface area contributed by atoms with Crippen LogP contribution >= 0.6 is 0 Å². The lowest BCUT2D eigenvalue weighted by Crippen LogP contribution is -2.16. The van der Waals surface area contributed by atoms with E-state index in [2.05, 4.69) is 25.9 Å². The smallest absolute Gasteiger partial charge is 0.275 e. The zero-order chi connectivity index (χ0) is 21.0. The van der Waals surface area contributed by atoms with Crippen molar-refractivity contribution in [1.29, 1.82) is 0 Å². The van der Waals surface area contributed by atoms with Crippen LogP contribution in [0.4, 0.5) is 22.9 Å². The van der Waals surface area contributed by atoms with Gasteiger partial charge in [-0.15, -0.1) is 0 Å². The van der Waals surface area contributed by atoms with Crippen molar-refractivity contribution in [3.63, 3.8) is 0 Å². The molecule has 1 aromatic heterocycles. The Balaban J connectivity index is 1.70. The Hall–Kier alpha value is -3.74. The molecule has 0 atom stereocenters. The van der Waals surface area contributed by atoms with E-state index in [9.17, 15) is 9.59 Å². The summed E-state index contributed by atoms with van der Waals surface area (Å²) in [6.45, 7) is 7.40. The lowest BCUT2D eigenvalue weighted by molar-refractivity contribution is -0.114. The third kappa shape index (κ3) is 5.16. The maximum atomic E-state index is 12.5. The Labute approximate surface area is 169 Å². The van der Waals surface area contributed by atoms with E-state index in [0.29, 0.717) is 11.5 Å². The van der Waals surface area contributed by atoms with Crippen LogP contribution in [-0.4, -0.2) is 21.8 Å². The van der Waals surface area contributed by atoms with E-state index in [0.717, 1.165) is 28.1 Å². The summed E-state index contributed by atoms with van der Waals surface area (Å²) in [5, 5.41) is 8.74. The van der Waals surface area contributed by atoms with Gasteiger partial charge in [0.1, 0.15) is 11.5 Å². The topological polar surface area (TPSA) is 96.0 Å². The van der Waals surface area contributed by atoms with Gasteiger partial charge in [0, 0.05) is 24.0 Å². The molecule has 0 bridgehead atoms. The van der Waals surface area contributed by atoms with Crippen molar-refractivity contribution in [2.45, 2.75) is 27.7 Å². The fourth-order valence-electron chi connectivity index (χ4n) is 3.09. The van der Waals surface area contributed by atoms with Crippen molar-refractivity contribution in [2.24, 2.45) is 0 Å². The van der Waals surface area contributed by atoms with Crippen LogP contribution in [0.15, 0.2) is 48.8 Å². The highest BCUT2D eigenvalue weighted by Gasteiger charge is 2.12. The summed E-state index contributed by atoms with van der Waals surface area (Å²) in [5.74, 6) is 0.0346. The molecular weight excluding hydrogens is 366 g/mol. The second-order valence-electron chi connectivity index (χ2n) is 6.90. The summed E-state index contributed by atoms with van der Waals surface area (Å²) < 4.78 is 0. The van der Waals surface area contributed by atoms with E-state index >= 15 is 0 Å². The number of nitrogens with zero attached hydrogens (tertiary/aromatic N) is 2. The van der Waals surface area contributed by atoms with Gasteiger partial charge in [0.15, 0.2) is 0 Å². The van der Waals surface area contributed by atoms with Crippen LogP contribution < -0.4 is 16.0 Å². The van der Waals surface area contributed by atoms with Gasteiger partial charge in [0.05, 0.1) is 12.4 Å². The lowest BCUT2D eigenvalue weighted by atomic mass is 10.1. The fraction of sp³-hybridized carbons (Fsp3) is 0.182. The van der Waals surface area contributed by atoms with E-state index in [-0.39, 0.29) is 17.5 Å². The van der Waals surface area contributed by atoms with Crippen LogP contribution in [0, 0.1) is 20.8 Å². The van der Waals surface area contributed by atoms with Gasteiger partial charge in [-0.3, -0.25) is 9.59 Å². The molecule has 3 N–H and O–H groups in total. The number of benzene rings is 2. The molecule has 0 aliphatic rings. The van der Waals surface area contributed by atoms with Gasteiger partial charge in [-0.2, -0.15) is 0 Å². The molecule has 0 radical (unpaired) electrons. The quantitative estimate of drug-likeness (QED) is 0.603. The van der Waals surface area contributed by atoms with Gasteiger partial charge in [-0.1, -0.05) is 23.8 Å². The molecule has 1 heterocycles. The standard InChI is InChI=1S/C22H23N5O2/c1-13-8-14(2)21(15(3)9-13)27-22(29)19-11-24-20(12-23-19)26-18-7-5-6-17(10-18)25-16(4)28/h5-12H,1-4H3,(H,24,26)(H,25,28)(H,27,29).